The molecule has 0 aromatic heterocycles. The van der Waals surface area contributed by atoms with Gasteiger partial charge < -0.3 is 0 Å². The molecule has 0 bridgehead atoms. The fraction of sp³-hybridized carbons (Fsp3) is 1.00. The molecule has 9 nitrogen and oxygen atoms in total. The van der Waals surface area contributed by atoms with Gasteiger partial charge in [-0.1, -0.05) is 157 Å². The monoisotopic (exact) mass is 1000 g/mol. The van der Waals surface area contributed by atoms with Gasteiger partial charge in [-0.15, -0.1) is 0 Å². The Labute approximate surface area is 414 Å². The van der Waals surface area contributed by atoms with Crippen LogP contribution in [0.5, 0.6) is 0 Å². The van der Waals surface area contributed by atoms with Gasteiger partial charge in [0.15, 0.2) is 0 Å². The largest absolute Gasteiger partial charge is 0.285 e. The van der Waals surface area contributed by atoms with Crippen molar-refractivity contribution in [3.8, 4) is 0 Å². The van der Waals surface area contributed by atoms with Gasteiger partial charge in [-0.05, 0) is 162 Å². The summed E-state index contributed by atoms with van der Waals surface area (Å²) in [5, 5.41) is -1.01. The molecule has 12 heteroatoms. The molecule has 6 aliphatic carbocycles. The van der Waals surface area contributed by atoms with Crippen molar-refractivity contribution < 1.29 is 38.2 Å². The highest BCUT2D eigenvalue weighted by Crippen LogP contribution is 2.44. The van der Waals surface area contributed by atoms with Gasteiger partial charge in [-0.2, -0.15) is 25.3 Å². The van der Waals surface area contributed by atoms with E-state index in [-0.39, 0.29) is 29.6 Å². The second kappa shape index (κ2) is 29.4. The van der Waals surface area contributed by atoms with Crippen LogP contribution < -0.4 is 0 Å². The van der Waals surface area contributed by atoms with Gasteiger partial charge in [0.25, 0.3) is 30.4 Å². The summed E-state index contributed by atoms with van der Waals surface area (Å²) >= 11 is 0. The Morgan fingerprint density at radius 2 is 0.642 bits per heavy atom. The lowest BCUT2D eigenvalue weighted by Crippen LogP contribution is -2.27. The fourth-order valence-corrected chi connectivity index (χ4v) is 19.8. The standard InChI is InChI=1S/2C19H36O3S.C17H32O3S/c2*1-4-7-16-10-11-17(14-16)8-6-9-18-12-15(3)13-19(18)23(20,21)22-5-2;1-3-5-14-8-9-15(12-14)6-4-7-16-10-13(2)11-17(16)21(18,19)20/h2*15-19H,4-14H2,1-3H3;13-17H,3-12H2,1-2H3,(H,18,19,20). The average molecular weight is 1010 g/mol. The summed E-state index contributed by atoms with van der Waals surface area (Å²) in [5.74, 6) is 7.79. The third kappa shape index (κ3) is 19.9. The molecule has 0 aliphatic heterocycles. The Balaban J connectivity index is 0.000000220. The summed E-state index contributed by atoms with van der Waals surface area (Å²) in [6, 6.07) is 0. The molecule has 0 aromatic rings. The number of hydrogen-bond donors (Lipinski definition) is 1. The van der Waals surface area contributed by atoms with Crippen molar-refractivity contribution in [1.82, 2.24) is 0 Å². The van der Waals surface area contributed by atoms with Crippen molar-refractivity contribution >= 4 is 30.4 Å². The second-order valence-electron chi connectivity index (χ2n) is 23.7. The molecule has 6 aliphatic rings. The first kappa shape index (κ1) is 59.3. The van der Waals surface area contributed by atoms with Gasteiger partial charge in [0.1, 0.15) is 0 Å². The molecule has 1 N–H and O–H groups in total. The summed E-state index contributed by atoms with van der Waals surface area (Å²) in [7, 11) is -10.6. The van der Waals surface area contributed by atoms with E-state index in [4.69, 9.17) is 8.37 Å². The van der Waals surface area contributed by atoms with E-state index in [2.05, 4.69) is 41.5 Å². The van der Waals surface area contributed by atoms with Crippen molar-refractivity contribution in [3.05, 3.63) is 0 Å². The average Bonchev–Trinajstić information content (AvgIpc) is 4.12. The van der Waals surface area contributed by atoms with E-state index < -0.39 is 35.6 Å². The molecule has 15 atom stereocenters. The SMILES string of the molecule is CCCC1CCC(CCCC2CC(C)CC2S(=O)(=O)O)C1.CCCC1CCC(CCCC2CC(C)CC2S(=O)(=O)OCC)C1.CCCC1CCC(CCCC2CC(C)CC2S(=O)(=O)OCC)C1. The quantitative estimate of drug-likeness (QED) is 0.0699. The normalized spacial score (nSPS) is 35.7. The highest BCUT2D eigenvalue weighted by molar-refractivity contribution is 7.87. The lowest BCUT2D eigenvalue weighted by atomic mass is 9.93. The Bertz CT molecular complexity index is 1620. The van der Waals surface area contributed by atoms with Crippen LogP contribution in [0.1, 0.15) is 248 Å². The maximum absolute atomic E-state index is 12.3. The summed E-state index contributed by atoms with van der Waals surface area (Å²) < 4.78 is 91.7. The van der Waals surface area contributed by atoms with Crippen LogP contribution in [-0.2, 0) is 38.7 Å². The minimum Gasteiger partial charge on any atom is -0.285 e. The zero-order valence-electron chi connectivity index (χ0n) is 44.2. The molecule has 396 valence electrons. The molecule has 67 heavy (non-hydrogen) atoms. The third-order valence-electron chi connectivity index (χ3n) is 17.9. The van der Waals surface area contributed by atoms with E-state index in [1.165, 1.54) is 128 Å². The van der Waals surface area contributed by atoms with E-state index in [1.54, 1.807) is 13.8 Å². The maximum atomic E-state index is 12.3. The molecule has 6 rings (SSSR count). The molecule has 6 fully saturated rings. The topological polar surface area (TPSA) is 141 Å². The summed E-state index contributed by atoms with van der Waals surface area (Å²) in [5.41, 5.74) is 0. The van der Waals surface area contributed by atoms with Crippen LogP contribution in [0.2, 0.25) is 0 Å². The molecule has 0 aromatic carbocycles. The smallest absolute Gasteiger partial charge is 0.270 e. The van der Waals surface area contributed by atoms with Gasteiger partial charge >= 0.3 is 0 Å². The van der Waals surface area contributed by atoms with Crippen LogP contribution in [0.4, 0.5) is 0 Å². The first-order chi connectivity index (χ1) is 31.8. The van der Waals surface area contributed by atoms with Gasteiger partial charge in [0.2, 0.25) is 0 Å². The van der Waals surface area contributed by atoms with Gasteiger partial charge in [0.05, 0.1) is 29.0 Å². The highest BCUT2D eigenvalue weighted by Gasteiger charge is 2.43. The Hall–Kier alpha value is -0.270. The molecule has 0 saturated heterocycles. The molecule has 15 unspecified atom stereocenters. The van der Waals surface area contributed by atoms with Gasteiger partial charge in [0, 0.05) is 0 Å². The van der Waals surface area contributed by atoms with E-state index >= 15 is 0 Å². The first-order valence-corrected chi connectivity index (χ1v) is 33.0. The summed E-state index contributed by atoms with van der Waals surface area (Å²) in [4.78, 5) is 0. The number of hydrogen-bond acceptors (Lipinski definition) is 8. The zero-order chi connectivity index (χ0) is 49.2. The highest BCUT2D eigenvalue weighted by atomic mass is 32.2. The van der Waals surface area contributed by atoms with E-state index in [1.807, 2.05) is 0 Å². The molecule has 0 heterocycles. The Morgan fingerprint density at radius 3 is 0.910 bits per heavy atom. The molecule has 6 saturated carbocycles. The van der Waals surface area contributed by atoms with Crippen LogP contribution in [0.3, 0.4) is 0 Å². The van der Waals surface area contributed by atoms with Crippen LogP contribution in [0, 0.1) is 71.0 Å². The summed E-state index contributed by atoms with van der Waals surface area (Å²) in [6.45, 7) is 17.4. The lowest BCUT2D eigenvalue weighted by molar-refractivity contribution is 0.317. The fourth-order valence-electron chi connectivity index (χ4n) is 14.9. The predicted molar refractivity (Wildman–Crippen MR) is 278 cm³/mol. The van der Waals surface area contributed by atoms with E-state index in [9.17, 15) is 29.8 Å². The van der Waals surface area contributed by atoms with Crippen molar-refractivity contribution in [2.45, 2.75) is 264 Å². The Morgan fingerprint density at radius 1 is 0.373 bits per heavy atom. The predicted octanol–water partition coefficient (Wildman–Crippen LogP) is 15.0. The lowest BCUT2D eigenvalue weighted by Gasteiger charge is -2.20. The molecular formula is C55H104O9S3. The van der Waals surface area contributed by atoms with Crippen molar-refractivity contribution in [3.63, 3.8) is 0 Å². The van der Waals surface area contributed by atoms with Crippen LogP contribution in [0.25, 0.3) is 0 Å². The zero-order valence-corrected chi connectivity index (χ0v) is 46.7. The molecule has 0 radical (unpaired) electrons. The third-order valence-corrected chi connectivity index (χ3v) is 23.0. The molecular weight excluding hydrogens is 901 g/mol. The van der Waals surface area contributed by atoms with Crippen molar-refractivity contribution in [2.24, 2.45) is 71.0 Å². The van der Waals surface area contributed by atoms with Crippen LogP contribution in [-0.4, -0.2) is 58.8 Å². The first-order valence-electron chi connectivity index (χ1n) is 28.5. The maximum Gasteiger partial charge on any atom is 0.270 e. The van der Waals surface area contributed by atoms with Crippen LogP contribution in [0.15, 0.2) is 0 Å². The van der Waals surface area contributed by atoms with Crippen molar-refractivity contribution in [1.29, 1.82) is 0 Å². The van der Waals surface area contributed by atoms with Gasteiger partial charge in [-0.25, -0.2) is 0 Å². The van der Waals surface area contributed by atoms with E-state index in [0.717, 1.165) is 93.3 Å². The number of rotatable bonds is 25. The van der Waals surface area contributed by atoms with E-state index in [0.29, 0.717) is 36.0 Å². The van der Waals surface area contributed by atoms with Crippen molar-refractivity contribution in [2.75, 3.05) is 13.2 Å². The van der Waals surface area contributed by atoms with Gasteiger partial charge in [-0.3, -0.25) is 12.9 Å². The second-order valence-corrected chi connectivity index (χ2v) is 29.0. The molecule has 0 amide bonds. The minimum absolute atomic E-state index is 0.183. The summed E-state index contributed by atoms with van der Waals surface area (Å²) in [6.07, 6.45) is 36.5. The molecule has 0 spiro atoms. The van der Waals surface area contributed by atoms with Crippen LogP contribution >= 0.6 is 0 Å². The minimum atomic E-state index is -3.85. The Kier molecular flexibility index (Phi) is 26.0.